The Morgan fingerprint density at radius 1 is 1.09 bits per heavy atom. The SMILES string of the molecule is CCC1CNc2nc(N3CC(C)(N(C)C)C3)nc3c(F)c(-c4cc(N)c(F)c(C)c4C(F)(F)F)nc(c23)O[C@@H](C(F)(F)F)CCN1. The minimum atomic E-state index is -5.22. The molecular formula is C29H34F8N8O. The maximum atomic E-state index is 16.6. The van der Waals surface area contributed by atoms with Gasteiger partial charge in [0.05, 0.1) is 16.8 Å². The maximum absolute atomic E-state index is 16.6. The van der Waals surface area contributed by atoms with Crippen molar-refractivity contribution >= 4 is 28.4 Å². The van der Waals surface area contributed by atoms with Crippen molar-refractivity contribution in [2.24, 2.45) is 0 Å². The van der Waals surface area contributed by atoms with Gasteiger partial charge in [0, 0.05) is 37.7 Å². The van der Waals surface area contributed by atoms with Crippen molar-refractivity contribution in [2.75, 3.05) is 56.2 Å². The fourth-order valence-electron chi connectivity index (χ4n) is 5.66. The smallest absolute Gasteiger partial charge is 0.425 e. The molecule has 0 saturated carbocycles. The zero-order valence-corrected chi connectivity index (χ0v) is 25.7. The first-order valence-corrected chi connectivity index (χ1v) is 14.6. The molecule has 5 rings (SSSR count). The van der Waals surface area contributed by atoms with E-state index in [-0.39, 0.29) is 41.8 Å². The number of alkyl halides is 6. The van der Waals surface area contributed by atoms with E-state index in [4.69, 9.17) is 10.5 Å². The van der Waals surface area contributed by atoms with E-state index < -0.39 is 76.0 Å². The number of hydrogen-bond donors (Lipinski definition) is 3. The van der Waals surface area contributed by atoms with Crippen molar-refractivity contribution in [1.29, 1.82) is 0 Å². The Labute approximate surface area is 259 Å². The monoisotopic (exact) mass is 662 g/mol. The zero-order chi connectivity index (χ0) is 33.9. The molecule has 0 radical (unpaired) electrons. The topological polar surface area (TPSA) is 104 Å². The van der Waals surface area contributed by atoms with E-state index in [9.17, 15) is 30.7 Å². The second kappa shape index (κ2) is 11.8. The van der Waals surface area contributed by atoms with Crippen molar-refractivity contribution in [3.8, 4) is 17.1 Å². The molecule has 0 aliphatic carbocycles. The van der Waals surface area contributed by atoms with E-state index in [0.717, 1.165) is 6.92 Å². The summed E-state index contributed by atoms with van der Waals surface area (Å²) in [7, 11) is 3.75. The standard InChI is InChI=1S/C29H34F8N8O/c1-6-14-10-40-24-18-23(42-26(43-24)45-11-27(3,12-45)44(4)5)21(31)22(41-25(18)46-17(7-8-39-14)28(32,33)34)15-9-16(38)20(30)13(2)19(15)29(35,36)37/h9,14,17,39H,6-8,10-12,38H2,1-5H3,(H,40,42,43)/t14?,17-/m1/s1. The van der Waals surface area contributed by atoms with Gasteiger partial charge in [0.25, 0.3) is 0 Å². The molecule has 4 heterocycles. The molecule has 1 aromatic carbocycles. The molecule has 0 spiro atoms. The van der Waals surface area contributed by atoms with Crippen LogP contribution in [0.5, 0.6) is 5.88 Å². The van der Waals surface area contributed by atoms with Crippen molar-refractivity contribution in [3.05, 3.63) is 28.8 Å². The Bertz CT molecular complexity index is 1640. The van der Waals surface area contributed by atoms with Crippen molar-refractivity contribution in [2.45, 2.75) is 63.7 Å². The Balaban J connectivity index is 1.83. The summed E-state index contributed by atoms with van der Waals surface area (Å²) in [6.45, 7) is 5.44. The first-order valence-electron chi connectivity index (χ1n) is 14.6. The molecule has 1 unspecified atom stereocenters. The van der Waals surface area contributed by atoms with E-state index in [1.54, 1.807) is 4.90 Å². The summed E-state index contributed by atoms with van der Waals surface area (Å²) in [6.07, 6.45) is -12.7. The number of nitrogens with two attached hydrogens (primary N) is 1. The minimum absolute atomic E-state index is 0.00887. The molecule has 17 heteroatoms. The van der Waals surface area contributed by atoms with Gasteiger partial charge in [-0.1, -0.05) is 6.92 Å². The van der Waals surface area contributed by atoms with Crippen LogP contribution in [-0.4, -0.2) is 84.0 Å². The zero-order valence-electron chi connectivity index (χ0n) is 25.7. The van der Waals surface area contributed by atoms with Gasteiger partial charge < -0.3 is 30.9 Å². The number of nitrogens with zero attached hydrogens (tertiary/aromatic N) is 5. The van der Waals surface area contributed by atoms with Gasteiger partial charge in [-0.3, -0.25) is 0 Å². The highest BCUT2D eigenvalue weighted by Gasteiger charge is 2.45. The highest BCUT2D eigenvalue weighted by Crippen LogP contribution is 2.45. The molecule has 1 fully saturated rings. The van der Waals surface area contributed by atoms with E-state index in [2.05, 4.69) is 25.6 Å². The average Bonchev–Trinajstić information content (AvgIpc) is 2.97. The lowest BCUT2D eigenvalue weighted by Gasteiger charge is -2.51. The van der Waals surface area contributed by atoms with Crippen LogP contribution >= 0.6 is 0 Å². The number of anilines is 3. The van der Waals surface area contributed by atoms with Crippen LogP contribution in [0.1, 0.15) is 37.8 Å². The average molecular weight is 663 g/mol. The Kier molecular flexibility index (Phi) is 8.64. The van der Waals surface area contributed by atoms with Gasteiger partial charge in [-0.15, -0.1) is 0 Å². The summed E-state index contributed by atoms with van der Waals surface area (Å²) in [6, 6.07) is 0.234. The third kappa shape index (κ3) is 6.06. The number of ether oxygens (including phenoxy) is 1. The molecule has 1 saturated heterocycles. The molecule has 2 atom stereocenters. The van der Waals surface area contributed by atoms with Crippen LogP contribution in [0.25, 0.3) is 22.2 Å². The van der Waals surface area contributed by atoms with Gasteiger partial charge in [-0.2, -0.15) is 31.3 Å². The second-order valence-electron chi connectivity index (χ2n) is 12.1. The van der Waals surface area contributed by atoms with Gasteiger partial charge in [0.1, 0.15) is 28.2 Å². The third-order valence-corrected chi connectivity index (χ3v) is 8.70. The minimum Gasteiger partial charge on any atom is -0.464 e. The number of hydrogen-bond acceptors (Lipinski definition) is 9. The summed E-state index contributed by atoms with van der Waals surface area (Å²) in [5.74, 6) is -3.73. The highest BCUT2D eigenvalue weighted by atomic mass is 19.4. The number of aromatic nitrogens is 3. The van der Waals surface area contributed by atoms with Crippen LogP contribution < -0.4 is 26.0 Å². The van der Waals surface area contributed by atoms with E-state index in [1.807, 2.05) is 32.8 Å². The molecule has 2 aliphatic heterocycles. The summed E-state index contributed by atoms with van der Waals surface area (Å²) >= 11 is 0. The van der Waals surface area contributed by atoms with Crippen molar-refractivity contribution in [3.63, 3.8) is 0 Å². The van der Waals surface area contributed by atoms with Crippen LogP contribution in [-0.2, 0) is 6.18 Å². The molecule has 3 aromatic rings. The van der Waals surface area contributed by atoms with Crippen LogP contribution in [0.4, 0.5) is 52.6 Å². The molecule has 4 N–H and O–H groups in total. The predicted octanol–water partition coefficient (Wildman–Crippen LogP) is 5.51. The molecule has 0 amide bonds. The van der Waals surface area contributed by atoms with Gasteiger partial charge in [0.2, 0.25) is 11.8 Å². The van der Waals surface area contributed by atoms with Crippen LogP contribution in [0, 0.1) is 18.6 Å². The second-order valence-corrected chi connectivity index (χ2v) is 12.1. The highest BCUT2D eigenvalue weighted by molar-refractivity contribution is 5.97. The predicted molar refractivity (Wildman–Crippen MR) is 157 cm³/mol. The van der Waals surface area contributed by atoms with E-state index in [0.29, 0.717) is 25.6 Å². The Hall–Kier alpha value is -3.73. The molecule has 2 aromatic heterocycles. The van der Waals surface area contributed by atoms with Gasteiger partial charge in [-0.05, 0) is 52.5 Å². The largest absolute Gasteiger partial charge is 0.464 e. The summed E-state index contributed by atoms with van der Waals surface area (Å²) < 4.78 is 122. The fraction of sp³-hybridized carbons (Fsp3) is 0.552. The van der Waals surface area contributed by atoms with E-state index >= 15 is 4.39 Å². The molecule has 2 aliphatic rings. The van der Waals surface area contributed by atoms with Gasteiger partial charge >= 0.3 is 12.4 Å². The number of likely N-dealkylation sites (N-methyl/N-ethyl adjacent to an activating group) is 1. The third-order valence-electron chi connectivity index (χ3n) is 8.70. The van der Waals surface area contributed by atoms with Gasteiger partial charge in [-0.25, -0.2) is 18.7 Å². The van der Waals surface area contributed by atoms with Crippen LogP contribution in [0.2, 0.25) is 0 Å². The normalized spacial score (nSPS) is 20.6. The molecular weight excluding hydrogens is 628 g/mol. The fourth-order valence-corrected chi connectivity index (χ4v) is 5.66. The lowest BCUT2D eigenvalue weighted by Crippen LogP contribution is -2.67. The molecule has 0 bridgehead atoms. The lowest BCUT2D eigenvalue weighted by atomic mass is 9.91. The summed E-state index contributed by atoms with van der Waals surface area (Å²) in [4.78, 5) is 16.4. The number of nitrogen functional groups attached to an aromatic ring is 1. The number of pyridine rings is 1. The Morgan fingerprint density at radius 3 is 2.35 bits per heavy atom. The summed E-state index contributed by atoms with van der Waals surface area (Å²) in [5, 5.41) is 5.69. The quantitative estimate of drug-likeness (QED) is 0.247. The van der Waals surface area contributed by atoms with E-state index in [1.165, 1.54) is 0 Å². The number of benzene rings is 1. The number of halogens is 8. The first-order chi connectivity index (χ1) is 21.4. The molecule has 9 nitrogen and oxygen atoms in total. The van der Waals surface area contributed by atoms with Crippen molar-refractivity contribution in [1.82, 2.24) is 25.2 Å². The number of rotatable bonds is 4. The van der Waals surface area contributed by atoms with Crippen LogP contribution in [0.15, 0.2) is 6.07 Å². The molecule has 252 valence electrons. The summed E-state index contributed by atoms with van der Waals surface area (Å²) in [5.41, 5.74) is -0.565. The van der Waals surface area contributed by atoms with Gasteiger partial charge in [0.15, 0.2) is 11.9 Å². The maximum Gasteiger partial charge on any atom is 0.425 e. The Morgan fingerprint density at radius 2 is 1.76 bits per heavy atom. The van der Waals surface area contributed by atoms with Crippen molar-refractivity contribution < 1.29 is 39.9 Å². The molecule has 46 heavy (non-hydrogen) atoms. The first kappa shape index (κ1) is 33.6. The van der Waals surface area contributed by atoms with Crippen LogP contribution in [0.3, 0.4) is 0 Å². The number of nitrogens with one attached hydrogen (secondary N) is 2. The lowest BCUT2D eigenvalue weighted by molar-refractivity contribution is -0.196.